The van der Waals surface area contributed by atoms with Crippen molar-refractivity contribution in [2.75, 3.05) is 10.6 Å². The summed E-state index contributed by atoms with van der Waals surface area (Å²) in [4.78, 5) is 37.8. The Hall–Kier alpha value is -3.15. The first-order valence-corrected chi connectivity index (χ1v) is 11.6. The van der Waals surface area contributed by atoms with Gasteiger partial charge in [-0.05, 0) is 62.1 Å². The van der Waals surface area contributed by atoms with Gasteiger partial charge in [0.05, 0.1) is 11.3 Å². The fourth-order valence-corrected chi connectivity index (χ4v) is 4.10. The van der Waals surface area contributed by atoms with Gasteiger partial charge in [-0.3, -0.25) is 14.4 Å². The SMILES string of the molecule is CCC(CC)C(=O)Nc1ccc(C(=O)Nc2ccccc2C(=O)NC2CCCCC2)cc1. The molecule has 2 aromatic rings. The Labute approximate surface area is 190 Å². The average molecular weight is 436 g/mol. The lowest BCUT2D eigenvalue weighted by Gasteiger charge is -2.23. The molecule has 0 bridgehead atoms. The van der Waals surface area contributed by atoms with Gasteiger partial charge < -0.3 is 16.0 Å². The Bertz CT molecular complexity index is 930. The summed E-state index contributed by atoms with van der Waals surface area (Å²) >= 11 is 0. The molecule has 6 nitrogen and oxygen atoms in total. The van der Waals surface area contributed by atoms with Crippen molar-refractivity contribution in [2.45, 2.75) is 64.8 Å². The van der Waals surface area contributed by atoms with E-state index in [0.717, 1.165) is 38.5 Å². The molecule has 3 N–H and O–H groups in total. The maximum atomic E-state index is 12.8. The van der Waals surface area contributed by atoms with Gasteiger partial charge in [-0.15, -0.1) is 0 Å². The van der Waals surface area contributed by atoms with Crippen molar-refractivity contribution >= 4 is 29.1 Å². The van der Waals surface area contributed by atoms with Gasteiger partial charge in [0.2, 0.25) is 5.91 Å². The molecule has 0 unspecified atom stereocenters. The second-order valence-electron chi connectivity index (χ2n) is 8.39. The Kier molecular flexibility index (Phi) is 8.42. The molecule has 0 radical (unpaired) electrons. The molecule has 0 saturated heterocycles. The molecule has 1 aliphatic carbocycles. The van der Waals surface area contributed by atoms with Gasteiger partial charge in [0.1, 0.15) is 0 Å². The van der Waals surface area contributed by atoms with Crippen molar-refractivity contribution in [1.29, 1.82) is 0 Å². The smallest absolute Gasteiger partial charge is 0.255 e. The molecule has 3 amide bonds. The maximum Gasteiger partial charge on any atom is 0.255 e. The molecule has 3 rings (SSSR count). The maximum absolute atomic E-state index is 12.8. The summed E-state index contributed by atoms with van der Waals surface area (Å²) in [5.41, 5.74) is 2.05. The van der Waals surface area contributed by atoms with Crippen molar-refractivity contribution in [1.82, 2.24) is 5.32 Å². The molecule has 32 heavy (non-hydrogen) atoms. The van der Waals surface area contributed by atoms with Crippen LogP contribution in [0.15, 0.2) is 48.5 Å². The molecular formula is C26H33N3O3. The first-order valence-electron chi connectivity index (χ1n) is 11.6. The molecule has 2 aromatic carbocycles. The van der Waals surface area contributed by atoms with Crippen LogP contribution < -0.4 is 16.0 Å². The summed E-state index contributed by atoms with van der Waals surface area (Å²) in [6.45, 7) is 3.99. The Morgan fingerprint density at radius 1 is 0.844 bits per heavy atom. The number of amides is 3. The van der Waals surface area contributed by atoms with E-state index in [1.807, 2.05) is 13.8 Å². The number of anilines is 2. The van der Waals surface area contributed by atoms with Gasteiger partial charge >= 0.3 is 0 Å². The third kappa shape index (κ3) is 6.19. The van der Waals surface area contributed by atoms with E-state index in [2.05, 4.69) is 16.0 Å². The van der Waals surface area contributed by atoms with E-state index in [0.29, 0.717) is 22.5 Å². The molecule has 0 aliphatic heterocycles. The fraction of sp³-hybridized carbons (Fsp3) is 0.423. The molecule has 0 spiro atoms. The van der Waals surface area contributed by atoms with Crippen LogP contribution in [0.25, 0.3) is 0 Å². The fourth-order valence-electron chi connectivity index (χ4n) is 4.10. The van der Waals surface area contributed by atoms with Crippen molar-refractivity contribution in [3.05, 3.63) is 59.7 Å². The number of carbonyl (C=O) groups excluding carboxylic acids is 3. The van der Waals surface area contributed by atoms with Crippen LogP contribution in [0.3, 0.4) is 0 Å². The van der Waals surface area contributed by atoms with Gasteiger partial charge in [0, 0.05) is 23.2 Å². The highest BCUT2D eigenvalue weighted by atomic mass is 16.2. The number of nitrogens with one attached hydrogen (secondary N) is 3. The zero-order valence-electron chi connectivity index (χ0n) is 18.9. The minimum Gasteiger partial charge on any atom is -0.349 e. The number of para-hydroxylation sites is 1. The summed E-state index contributed by atoms with van der Waals surface area (Å²) in [7, 11) is 0. The first-order chi connectivity index (χ1) is 15.5. The molecule has 1 saturated carbocycles. The van der Waals surface area contributed by atoms with Gasteiger partial charge in [0.25, 0.3) is 11.8 Å². The third-order valence-electron chi connectivity index (χ3n) is 6.13. The summed E-state index contributed by atoms with van der Waals surface area (Å²) in [5.74, 6) is -0.493. The lowest BCUT2D eigenvalue weighted by atomic mass is 9.95. The second kappa shape index (κ2) is 11.5. The number of hydrogen-bond acceptors (Lipinski definition) is 3. The summed E-state index contributed by atoms with van der Waals surface area (Å²) in [5, 5.41) is 8.86. The van der Waals surface area contributed by atoms with Crippen LogP contribution in [0.2, 0.25) is 0 Å². The first kappa shape index (κ1) is 23.5. The van der Waals surface area contributed by atoms with E-state index in [1.165, 1.54) is 6.42 Å². The molecular weight excluding hydrogens is 402 g/mol. The number of rotatable bonds is 8. The van der Waals surface area contributed by atoms with E-state index in [1.54, 1.807) is 48.5 Å². The number of carbonyl (C=O) groups is 3. The normalized spacial score (nSPS) is 14.1. The van der Waals surface area contributed by atoms with Crippen molar-refractivity contribution < 1.29 is 14.4 Å². The third-order valence-corrected chi connectivity index (χ3v) is 6.13. The highest BCUT2D eigenvalue weighted by Crippen LogP contribution is 2.21. The number of benzene rings is 2. The number of hydrogen-bond donors (Lipinski definition) is 3. The Morgan fingerprint density at radius 2 is 1.50 bits per heavy atom. The van der Waals surface area contributed by atoms with E-state index < -0.39 is 0 Å². The minimum atomic E-state index is -0.305. The van der Waals surface area contributed by atoms with Gasteiger partial charge in [0.15, 0.2) is 0 Å². The minimum absolute atomic E-state index is 0.00916. The van der Waals surface area contributed by atoms with E-state index in [4.69, 9.17) is 0 Å². The average Bonchev–Trinajstić information content (AvgIpc) is 2.81. The van der Waals surface area contributed by atoms with E-state index >= 15 is 0 Å². The van der Waals surface area contributed by atoms with Crippen molar-refractivity contribution in [2.24, 2.45) is 5.92 Å². The van der Waals surface area contributed by atoms with E-state index in [9.17, 15) is 14.4 Å². The molecule has 170 valence electrons. The van der Waals surface area contributed by atoms with E-state index in [-0.39, 0.29) is 29.7 Å². The zero-order valence-corrected chi connectivity index (χ0v) is 18.9. The van der Waals surface area contributed by atoms with Crippen LogP contribution in [0.1, 0.15) is 79.5 Å². The topological polar surface area (TPSA) is 87.3 Å². The molecule has 6 heteroatoms. The predicted octanol–water partition coefficient (Wildman–Crippen LogP) is 5.38. The van der Waals surface area contributed by atoms with Gasteiger partial charge in [-0.1, -0.05) is 45.2 Å². The molecule has 1 aliphatic rings. The van der Waals surface area contributed by atoms with Crippen LogP contribution in [0.5, 0.6) is 0 Å². The Morgan fingerprint density at radius 3 is 2.16 bits per heavy atom. The van der Waals surface area contributed by atoms with Crippen LogP contribution in [0.4, 0.5) is 11.4 Å². The summed E-state index contributed by atoms with van der Waals surface area (Å²) in [6, 6.07) is 14.0. The summed E-state index contributed by atoms with van der Waals surface area (Å²) in [6.07, 6.45) is 7.07. The molecule has 0 atom stereocenters. The lowest BCUT2D eigenvalue weighted by Crippen LogP contribution is -2.36. The molecule has 1 fully saturated rings. The van der Waals surface area contributed by atoms with Crippen molar-refractivity contribution in [3.8, 4) is 0 Å². The van der Waals surface area contributed by atoms with Crippen molar-refractivity contribution in [3.63, 3.8) is 0 Å². The van der Waals surface area contributed by atoms with Crippen LogP contribution in [-0.2, 0) is 4.79 Å². The zero-order chi connectivity index (χ0) is 22.9. The van der Waals surface area contributed by atoms with Crippen LogP contribution in [0, 0.1) is 5.92 Å². The highest BCUT2D eigenvalue weighted by Gasteiger charge is 2.19. The standard InChI is InChI=1S/C26H33N3O3/c1-3-18(4-2)24(30)27-21-16-14-19(15-17-21)25(31)29-23-13-9-8-12-22(23)26(32)28-20-10-6-5-7-11-20/h8-9,12-18,20H,3-7,10-11H2,1-2H3,(H,27,30)(H,28,32)(H,29,31). The Balaban J connectivity index is 1.64. The quantitative estimate of drug-likeness (QED) is 0.520. The lowest BCUT2D eigenvalue weighted by molar-refractivity contribution is -0.120. The summed E-state index contributed by atoms with van der Waals surface area (Å²) < 4.78 is 0. The van der Waals surface area contributed by atoms with Gasteiger partial charge in [-0.2, -0.15) is 0 Å². The van der Waals surface area contributed by atoms with Crippen LogP contribution >= 0.6 is 0 Å². The molecule has 0 aromatic heterocycles. The monoisotopic (exact) mass is 435 g/mol. The highest BCUT2D eigenvalue weighted by molar-refractivity contribution is 6.09. The predicted molar refractivity (Wildman–Crippen MR) is 128 cm³/mol. The van der Waals surface area contributed by atoms with Gasteiger partial charge in [-0.25, -0.2) is 0 Å². The molecule has 0 heterocycles. The second-order valence-corrected chi connectivity index (χ2v) is 8.39. The largest absolute Gasteiger partial charge is 0.349 e. The van der Waals surface area contributed by atoms with Crippen LogP contribution in [-0.4, -0.2) is 23.8 Å².